The maximum atomic E-state index is 12.2. The molecule has 4 heteroatoms. The van der Waals surface area contributed by atoms with Crippen molar-refractivity contribution in [2.75, 3.05) is 20.2 Å². The Balaban J connectivity index is 2.16. The highest BCUT2D eigenvalue weighted by Gasteiger charge is 2.18. The van der Waals surface area contributed by atoms with Gasteiger partial charge in [-0.3, -0.25) is 4.79 Å². The summed E-state index contributed by atoms with van der Waals surface area (Å²) in [5.41, 5.74) is 1.80. The summed E-state index contributed by atoms with van der Waals surface area (Å²) in [6.07, 6.45) is 2.97. The van der Waals surface area contributed by atoms with Gasteiger partial charge < -0.3 is 14.7 Å². The number of aromatic hydroxyl groups is 1. The molecule has 0 spiro atoms. The number of phenolic OH excluding ortho intramolecular Hbond substituents is 1. The van der Waals surface area contributed by atoms with Gasteiger partial charge >= 0.3 is 0 Å². The minimum Gasteiger partial charge on any atom is -0.504 e. The van der Waals surface area contributed by atoms with Gasteiger partial charge in [-0.05, 0) is 31.5 Å². The molecule has 0 aliphatic carbocycles. The number of nitrogens with zero attached hydrogens (tertiary/aromatic N) is 1. The molecule has 0 aromatic heterocycles. The maximum absolute atomic E-state index is 12.2. The van der Waals surface area contributed by atoms with Gasteiger partial charge in [-0.25, -0.2) is 0 Å². The zero-order valence-electron chi connectivity index (χ0n) is 10.6. The molecule has 0 saturated heterocycles. The zero-order chi connectivity index (χ0) is 13.1. The molecule has 1 aliphatic heterocycles. The molecule has 1 N–H and O–H groups in total. The number of methoxy groups -OCH3 is 1. The predicted octanol–water partition coefficient (Wildman–Crippen LogP) is 2.19. The average molecular weight is 247 g/mol. The van der Waals surface area contributed by atoms with Gasteiger partial charge in [0.1, 0.15) is 0 Å². The molecule has 0 unspecified atom stereocenters. The molecule has 0 saturated carbocycles. The smallest absolute Gasteiger partial charge is 0.254 e. The average Bonchev–Trinajstić information content (AvgIpc) is 2.38. The van der Waals surface area contributed by atoms with Crippen LogP contribution in [0.15, 0.2) is 29.8 Å². The molecule has 1 amide bonds. The standard InChI is InChI=1S/C14H17NO3/c1-10-5-7-15(8-6-10)14(17)11-3-4-13(18-2)12(16)9-11/h3-5,9,16H,6-8H2,1-2H3. The summed E-state index contributed by atoms with van der Waals surface area (Å²) in [4.78, 5) is 14.0. The summed E-state index contributed by atoms with van der Waals surface area (Å²) in [5, 5.41) is 9.67. The van der Waals surface area contributed by atoms with Crippen LogP contribution in [0.2, 0.25) is 0 Å². The Bertz CT molecular complexity index is 494. The molecular formula is C14H17NO3. The van der Waals surface area contributed by atoms with Crippen molar-refractivity contribution in [2.24, 2.45) is 0 Å². The van der Waals surface area contributed by atoms with Crippen LogP contribution in [0.4, 0.5) is 0 Å². The second-order valence-corrected chi connectivity index (χ2v) is 4.44. The SMILES string of the molecule is COc1ccc(C(=O)N2CC=C(C)CC2)cc1O. The summed E-state index contributed by atoms with van der Waals surface area (Å²) in [6, 6.07) is 4.73. The first kappa shape index (κ1) is 12.5. The van der Waals surface area contributed by atoms with Crippen LogP contribution in [0.1, 0.15) is 23.7 Å². The number of carbonyl (C=O) groups is 1. The fraction of sp³-hybridized carbons (Fsp3) is 0.357. The molecule has 1 aromatic rings. The molecule has 1 heterocycles. The Labute approximate surface area is 106 Å². The number of benzene rings is 1. The highest BCUT2D eigenvalue weighted by Crippen LogP contribution is 2.27. The Morgan fingerprint density at radius 2 is 2.22 bits per heavy atom. The lowest BCUT2D eigenvalue weighted by atomic mass is 10.1. The minimum absolute atomic E-state index is 0.00733. The number of amides is 1. The second-order valence-electron chi connectivity index (χ2n) is 4.44. The number of hydrogen-bond acceptors (Lipinski definition) is 3. The van der Waals surface area contributed by atoms with Crippen molar-refractivity contribution in [3.63, 3.8) is 0 Å². The van der Waals surface area contributed by atoms with Crippen LogP contribution in [0.25, 0.3) is 0 Å². The largest absolute Gasteiger partial charge is 0.504 e. The summed E-state index contributed by atoms with van der Waals surface area (Å²) < 4.78 is 4.95. The van der Waals surface area contributed by atoms with Crippen molar-refractivity contribution in [1.29, 1.82) is 0 Å². The van der Waals surface area contributed by atoms with Crippen molar-refractivity contribution in [3.05, 3.63) is 35.4 Å². The highest BCUT2D eigenvalue weighted by atomic mass is 16.5. The predicted molar refractivity (Wildman–Crippen MR) is 68.9 cm³/mol. The Morgan fingerprint density at radius 3 is 2.78 bits per heavy atom. The van der Waals surface area contributed by atoms with E-state index in [0.29, 0.717) is 17.9 Å². The first-order valence-electron chi connectivity index (χ1n) is 5.93. The van der Waals surface area contributed by atoms with Crippen LogP contribution in [-0.4, -0.2) is 36.1 Å². The van der Waals surface area contributed by atoms with Crippen molar-refractivity contribution in [1.82, 2.24) is 4.90 Å². The van der Waals surface area contributed by atoms with E-state index >= 15 is 0 Å². The number of hydrogen-bond donors (Lipinski definition) is 1. The van der Waals surface area contributed by atoms with Crippen molar-refractivity contribution in [3.8, 4) is 11.5 Å². The van der Waals surface area contributed by atoms with Gasteiger partial charge in [0.25, 0.3) is 5.91 Å². The van der Waals surface area contributed by atoms with E-state index in [1.54, 1.807) is 17.0 Å². The van der Waals surface area contributed by atoms with Crippen LogP contribution in [0.5, 0.6) is 11.5 Å². The lowest BCUT2D eigenvalue weighted by molar-refractivity contribution is 0.0768. The Hall–Kier alpha value is -1.97. The number of carbonyl (C=O) groups excluding carboxylic acids is 1. The quantitative estimate of drug-likeness (QED) is 0.815. The molecule has 4 nitrogen and oxygen atoms in total. The number of phenols is 1. The monoisotopic (exact) mass is 247 g/mol. The number of ether oxygens (including phenoxy) is 1. The fourth-order valence-electron chi connectivity index (χ4n) is 1.96. The Kier molecular flexibility index (Phi) is 3.55. The van der Waals surface area contributed by atoms with Crippen LogP contribution >= 0.6 is 0 Å². The summed E-state index contributed by atoms with van der Waals surface area (Å²) >= 11 is 0. The molecule has 0 radical (unpaired) electrons. The highest BCUT2D eigenvalue weighted by molar-refractivity contribution is 5.95. The van der Waals surface area contributed by atoms with Gasteiger partial charge in [0.15, 0.2) is 11.5 Å². The van der Waals surface area contributed by atoms with Crippen LogP contribution < -0.4 is 4.74 Å². The van der Waals surface area contributed by atoms with Gasteiger partial charge in [0, 0.05) is 18.7 Å². The van der Waals surface area contributed by atoms with E-state index in [2.05, 4.69) is 13.0 Å². The second kappa shape index (κ2) is 5.12. The first-order chi connectivity index (χ1) is 8.61. The molecule has 2 rings (SSSR count). The summed E-state index contributed by atoms with van der Waals surface area (Å²) in [6.45, 7) is 3.44. The van der Waals surface area contributed by atoms with E-state index in [9.17, 15) is 9.90 Å². The van der Waals surface area contributed by atoms with Gasteiger partial charge in [0.2, 0.25) is 0 Å². The van der Waals surface area contributed by atoms with E-state index in [1.807, 2.05) is 0 Å². The van der Waals surface area contributed by atoms with Crippen molar-refractivity contribution in [2.45, 2.75) is 13.3 Å². The number of rotatable bonds is 2. The van der Waals surface area contributed by atoms with E-state index < -0.39 is 0 Å². The first-order valence-corrected chi connectivity index (χ1v) is 5.93. The third-order valence-electron chi connectivity index (χ3n) is 3.15. The van der Waals surface area contributed by atoms with Gasteiger partial charge in [0.05, 0.1) is 7.11 Å². The van der Waals surface area contributed by atoms with Crippen LogP contribution in [-0.2, 0) is 0 Å². The molecular weight excluding hydrogens is 230 g/mol. The van der Waals surface area contributed by atoms with Gasteiger partial charge in [-0.15, -0.1) is 0 Å². The molecule has 18 heavy (non-hydrogen) atoms. The third-order valence-corrected chi connectivity index (χ3v) is 3.15. The van der Waals surface area contributed by atoms with E-state index in [-0.39, 0.29) is 11.7 Å². The lowest BCUT2D eigenvalue weighted by Crippen LogP contribution is -2.34. The molecule has 0 bridgehead atoms. The van der Waals surface area contributed by atoms with Gasteiger partial charge in [-0.2, -0.15) is 0 Å². The van der Waals surface area contributed by atoms with E-state index in [1.165, 1.54) is 18.7 Å². The zero-order valence-corrected chi connectivity index (χ0v) is 10.6. The van der Waals surface area contributed by atoms with Crippen molar-refractivity contribution >= 4 is 5.91 Å². The van der Waals surface area contributed by atoms with Crippen LogP contribution in [0, 0.1) is 0 Å². The third kappa shape index (κ3) is 2.47. The lowest BCUT2D eigenvalue weighted by Gasteiger charge is -2.25. The summed E-state index contributed by atoms with van der Waals surface area (Å²) in [5.74, 6) is 0.310. The summed E-state index contributed by atoms with van der Waals surface area (Å²) in [7, 11) is 1.48. The molecule has 96 valence electrons. The van der Waals surface area contributed by atoms with E-state index in [4.69, 9.17) is 4.74 Å². The molecule has 1 aromatic carbocycles. The van der Waals surface area contributed by atoms with Crippen molar-refractivity contribution < 1.29 is 14.6 Å². The molecule has 0 fully saturated rings. The molecule has 1 aliphatic rings. The maximum Gasteiger partial charge on any atom is 0.254 e. The topological polar surface area (TPSA) is 49.8 Å². The Morgan fingerprint density at radius 1 is 1.44 bits per heavy atom. The van der Waals surface area contributed by atoms with Gasteiger partial charge in [-0.1, -0.05) is 11.6 Å². The molecule has 0 atom stereocenters. The van der Waals surface area contributed by atoms with Crippen LogP contribution in [0.3, 0.4) is 0 Å². The van der Waals surface area contributed by atoms with E-state index in [0.717, 1.165) is 13.0 Å². The normalized spacial score (nSPS) is 15.2. The fourth-order valence-corrected chi connectivity index (χ4v) is 1.96. The minimum atomic E-state index is -0.0586.